The first kappa shape index (κ1) is 14.5. The normalized spacial score (nSPS) is 21.4. The first-order valence-electron chi connectivity index (χ1n) is 6.72. The van der Waals surface area contributed by atoms with Gasteiger partial charge in [0.1, 0.15) is 0 Å². The van der Waals surface area contributed by atoms with Crippen molar-refractivity contribution >= 4 is 9.84 Å². The van der Waals surface area contributed by atoms with E-state index >= 15 is 0 Å². The quantitative estimate of drug-likeness (QED) is 0.862. The number of sulfone groups is 1. The highest BCUT2D eigenvalue weighted by Crippen LogP contribution is 2.15. The van der Waals surface area contributed by atoms with E-state index in [0.29, 0.717) is 11.4 Å². The van der Waals surface area contributed by atoms with Gasteiger partial charge in [-0.2, -0.15) is 0 Å². The number of hydrogen-bond acceptors (Lipinski definition) is 4. The molecule has 1 N–H and O–H groups in total. The standard InChI is InChI=1S/C14H21NO3S/c1-12(14-8-5-10-18-14)15-9-11-19(16,17)13-6-3-2-4-7-13/h2-4,6-7,12,14-15H,5,8-11H2,1H3/t12-,14-/m0/s1. The Balaban J connectivity index is 1.82. The molecule has 0 saturated carbocycles. The lowest BCUT2D eigenvalue weighted by atomic mass is 10.1. The van der Waals surface area contributed by atoms with Gasteiger partial charge in [0.25, 0.3) is 0 Å². The minimum Gasteiger partial charge on any atom is -0.377 e. The first-order chi connectivity index (χ1) is 9.09. The van der Waals surface area contributed by atoms with Crippen molar-refractivity contribution in [3.05, 3.63) is 30.3 Å². The highest BCUT2D eigenvalue weighted by atomic mass is 32.2. The van der Waals surface area contributed by atoms with E-state index in [-0.39, 0.29) is 17.9 Å². The molecule has 106 valence electrons. The van der Waals surface area contributed by atoms with Crippen LogP contribution in [0.1, 0.15) is 19.8 Å². The van der Waals surface area contributed by atoms with Gasteiger partial charge >= 0.3 is 0 Å². The summed E-state index contributed by atoms with van der Waals surface area (Å²) in [5.74, 6) is 0.119. The minimum atomic E-state index is -3.18. The zero-order valence-corrected chi connectivity index (χ0v) is 12.0. The molecule has 5 heteroatoms. The van der Waals surface area contributed by atoms with Crippen LogP contribution in [0.15, 0.2) is 35.2 Å². The van der Waals surface area contributed by atoms with Crippen molar-refractivity contribution in [1.29, 1.82) is 0 Å². The predicted octanol–water partition coefficient (Wildman–Crippen LogP) is 1.62. The summed E-state index contributed by atoms with van der Waals surface area (Å²) >= 11 is 0. The third-order valence-corrected chi connectivity index (χ3v) is 5.19. The van der Waals surface area contributed by atoms with Crippen LogP contribution in [0.2, 0.25) is 0 Å². The summed E-state index contributed by atoms with van der Waals surface area (Å²) in [6.07, 6.45) is 2.37. The third-order valence-electron chi connectivity index (χ3n) is 3.46. The second kappa shape index (κ2) is 6.50. The molecule has 2 atom stereocenters. The molecule has 0 bridgehead atoms. The summed E-state index contributed by atoms with van der Waals surface area (Å²) < 4.78 is 29.7. The van der Waals surface area contributed by atoms with Gasteiger partial charge in [0.05, 0.1) is 16.8 Å². The monoisotopic (exact) mass is 283 g/mol. The molecule has 1 fully saturated rings. The molecule has 0 unspecified atom stereocenters. The van der Waals surface area contributed by atoms with Gasteiger partial charge in [-0.25, -0.2) is 8.42 Å². The minimum absolute atomic E-state index is 0.119. The number of hydrogen-bond donors (Lipinski definition) is 1. The summed E-state index contributed by atoms with van der Waals surface area (Å²) in [5.41, 5.74) is 0. The van der Waals surface area contributed by atoms with Crippen LogP contribution in [0.4, 0.5) is 0 Å². The molecule has 0 aliphatic carbocycles. The van der Waals surface area contributed by atoms with Crippen LogP contribution in [0, 0.1) is 0 Å². The smallest absolute Gasteiger partial charge is 0.179 e. The third kappa shape index (κ3) is 4.03. The predicted molar refractivity (Wildman–Crippen MR) is 74.9 cm³/mol. The van der Waals surface area contributed by atoms with Crippen LogP contribution in [-0.4, -0.2) is 39.5 Å². The summed E-state index contributed by atoms with van der Waals surface area (Å²) in [7, 11) is -3.18. The van der Waals surface area contributed by atoms with Crippen LogP contribution < -0.4 is 5.32 Å². The van der Waals surface area contributed by atoms with Crippen molar-refractivity contribution in [2.24, 2.45) is 0 Å². The molecule has 1 aliphatic heterocycles. The Morgan fingerprint density at radius 3 is 2.74 bits per heavy atom. The molecule has 1 heterocycles. The molecule has 1 aromatic rings. The van der Waals surface area contributed by atoms with Gasteiger partial charge < -0.3 is 10.1 Å². The van der Waals surface area contributed by atoms with E-state index in [2.05, 4.69) is 5.32 Å². The molecule has 1 aliphatic rings. The van der Waals surface area contributed by atoms with Gasteiger partial charge in [0.2, 0.25) is 0 Å². The van der Waals surface area contributed by atoms with Crippen LogP contribution in [0.3, 0.4) is 0 Å². The molecular weight excluding hydrogens is 262 g/mol. The van der Waals surface area contributed by atoms with Crippen LogP contribution in [0.5, 0.6) is 0 Å². The fourth-order valence-electron chi connectivity index (χ4n) is 2.29. The Kier molecular flexibility index (Phi) is 4.96. The molecular formula is C14H21NO3S. The van der Waals surface area contributed by atoms with Crippen molar-refractivity contribution < 1.29 is 13.2 Å². The lowest BCUT2D eigenvalue weighted by molar-refractivity contribution is 0.0844. The number of rotatable bonds is 6. The second-order valence-corrected chi connectivity index (χ2v) is 7.04. The SMILES string of the molecule is C[C@H](NCCS(=O)(=O)c1ccccc1)[C@@H]1CCCO1. The summed E-state index contributed by atoms with van der Waals surface area (Å²) in [6, 6.07) is 8.78. The van der Waals surface area contributed by atoms with E-state index in [1.807, 2.05) is 13.0 Å². The molecule has 4 nitrogen and oxygen atoms in total. The Hall–Kier alpha value is -0.910. The van der Waals surface area contributed by atoms with Crippen LogP contribution in [0.25, 0.3) is 0 Å². The van der Waals surface area contributed by atoms with Gasteiger partial charge in [-0.1, -0.05) is 18.2 Å². The van der Waals surface area contributed by atoms with E-state index in [9.17, 15) is 8.42 Å². The van der Waals surface area contributed by atoms with E-state index in [4.69, 9.17) is 4.74 Å². The van der Waals surface area contributed by atoms with Crippen LogP contribution >= 0.6 is 0 Å². The van der Waals surface area contributed by atoms with Gasteiger partial charge in [-0.3, -0.25) is 0 Å². The van der Waals surface area contributed by atoms with E-state index in [1.54, 1.807) is 24.3 Å². The maximum atomic E-state index is 12.1. The fourth-order valence-corrected chi connectivity index (χ4v) is 3.49. The number of benzene rings is 1. The molecule has 0 spiro atoms. The molecule has 1 saturated heterocycles. The lowest BCUT2D eigenvalue weighted by Crippen LogP contribution is -2.39. The van der Waals surface area contributed by atoms with E-state index in [0.717, 1.165) is 19.4 Å². The second-order valence-electron chi connectivity index (χ2n) is 4.93. The fraction of sp³-hybridized carbons (Fsp3) is 0.571. The molecule has 2 rings (SSSR count). The Morgan fingerprint density at radius 2 is 2.11 bits per heavy atom. The average molecular weight is 283 g/mol. The summed E-state index contributed by atoms with van der Waals surface area (Å²) in [4.78, 5) is 0.390. The van der Waals surface area contributed by atoms with Gasteiger partial charge in [0.15, 0.2) is 9.84 Å². The van der Waals surface area contributed by atoms with Crippen molar-refractivity contribution in [2.75, 3.05) is 18.9 Å². The Labute approximate surface area is 115 Å². The topological polar surface area (TPSA) is 55.4 Å². The van der Waals surface area contributed by atoms with Crippen LogP contribution in [-0.2, 0) is 14.6 Å². The maximum Gasteiger partial charge on any atom is 0.179 e. The molecule has 0 amide bonds. The van der Waals surface area contributed by atoms with Crippen molar-refractivity contribution in [1.82, 2.24) is 5.32 Å². The largest absolute Gasteiger partial charge is 0.377 e. The highest BCUT2D eigenvalue weighted by molar-refractivity contribution is 7.91. The number of nitrogens with one attached hydrogen (secondary N) is 1. The highest BCUT2D eigenvalue weighted by Gasteiger charge is 2.22. The average Bonchev–Trinajstić information content (AvgIpc) is 2.93. The number of ether oxygens (including phenoxy) is 1. The van der Waals surface area contributed by atoms with Crippen molar-refractivity contribution in [3.8, 4) is 0 Å². The maximum absolute atomic E-state index is 12.1. The van der Waals surface area contributed by atoms with E-state index < -0.39 is 9.84 Å². The zero-order chi connectivity index (χ0) is 13.7. The first-order valence-corrected chi connectivity index (χ1v) is 8.37. The van der Waals surface area contributed by atoms with Crippen molar-refractivity contribution in [3.63, 3.8) is 0 Å². The Morgan fingerprint density at radius 1 is 1.37 bits per heavy atom. The zero-order valence-electron chi connectivity index (χ0n) is 11.2. The molecule has 0 aromatic heterocycles. The summed E-state index contributed by atoms with van der Waals surface area (Å²) in [6.45, 7) is 3.32. The van der Waals surface area contributed by atoms with E-state index in [1.165, 1.54) is 0 Å². The van der Waals surface area contributed by atoms with Gasteiger partial charge in [0, 0.05) is 19.2 Å². The van der Waals surface area contributed by atoms with Gasteiger partial charge in [-0.15, -0.1) is 0 Å². The molecule has 19 heavy (non-hydrogen) atoms. The molecule has 0 radical (unpaired) electrons. The van der Waals surface area contributed by atoms with Gasteiger partial charge in [-0.05, 0) is 31.9 Å². The Bertz CT molecular complexity index is 481. The molecule has 1 aromatic carbocycles. The summed E-state index contributed by atoms with van der Waals surface area (Å²) in [5, 5.41) is 3.25. The van der Waals surface area contributed by atoms with Crippen molar-refractivity contribution in [2.45, 2.75) is 36.8 Å². The lowest BCUT2D eigenvalue weighted by Gasteiger charge is -2.19.